The van der Waals surface area contributed by atoms with Crippen LogP contribution in [0.1, 0.15) is 5.69 Å². The Morgan fingerprint density at radius 3 is 2.80 bits per heavy atom. The summed E-state index contributed by atoms with van der Waals surface area (Å²) in [7, 11) is 0. The molecule has 1 aromatic heterocycles. The fraction of sp³-hybridized carbons (Fsp3) is 0. The molecule has 1 heterocycles. The molecule has 0 spiro atoms. The van der Waals surface area contributed by atoms with Gasteiger partial charge in [-0.3, -0.25) is 4.98 Å². The van der Waals surface area contributed by atoms with Crippen molar-refractivity contribution in [3.8, 4) is 0 Å². The first-order valence-electron chi connectivity index (χ1n) is 2.67. The molecule has 0 atom stereocenters. The second-order valence-corrected chi connectivity index (χ2v) is 2.19. The molecule has 0 radical (unpaired) electrons. The van der Waals surface area contributed by atoms with Crippen LogP contribution in [0.2, 0.25) is 0 Å². The molecule has 1 aromatic rings. The number of halogens is 2. The van der Waals surface area contributed by atoms with E-state index in [-0.39, 0.29) is 10.7 Å². The number of hydrogen-bond donors (Lipinski definition) is 0. The third-order valence-corrected chi connectivity index (χ3v) is 1.19. The van der Waals surface area contributed by atoms with Gasteiger partial charge in [-0.05, 0) is 12.1 Å². The van der Waals surface area contributed by atoms with Crippen LogP contribution in [-0.4, -0.2) is 4.98 Å². The van der Waals surface area contributed by atoms with Gasteiger partial charge >= 0.3 is 0 Å². The van der Waals surface area contributed by atoms with Crippen LogP contribution in [0.3, 0.4) is 0 Å². The van der Waals surface area contributed by atoms with Crippen LogP contribution in [0.25, 0.3) is 5.03 Å². The minimum absolute atomic E-state index is 0.115. The van der Waals surface area contributed by atoms with Crippen molar-refractivity contribution in [3.63, 3.8) is 0 Å². The number of rotatable bonds is 1. The van der Waals surface area contributed by atoms with Crippen LogP contribution in [0, 0.1) is 5.82 Å². The number of nitrogens with zero attached hydrogens (tertiary/aromatic N) is 1. The predicted octanol–water partition coefficient (Wildman–Crippen LogP) is 2.43. The van der Waals surface area contributed by atoms with E-state index in [1.807, 2.05) is 0 Å². The van der Waals surface area contributed by atoms with Crippen molar-refractivity contribution in [2.24, 2.45) is 0 Å². The van der Waals surface area contributed by atoms with E-state index < -0.39 is 5.82 Å². The Labute approximate surface area is 63.2 Å². The summed E-state index contributed by atoms with van der Waals surface area (Å²) in [5.41, 5.74) is 0.115. The zero-order chi connectivity index (χ0) is 7.56. The summed E-state index contributed by atoms with van der Waals surface area (Å²) >= 11 is 5.41. The molecule has 0 N–H and O–H groups in total. The van der Waals surface area contributed by atoms with Crippen molar-refractivity contribution < 1.29 is 4.39 Å². The predicted molar refractivity (Wildman–Crippen MR) is 39.1 cm³/mol. The van der Waals surface area contributed by atoms with E-state index >= 15 is 0 Å². The first-order valence-corrected chi connectivity index (χ1v) is 3.05. The second-order valence-electron chi connectivity index (χ2n) is 1.74. The first-order chi connectivity index (χ1) is 4.72. The van der Waals surface area contributed by atoms with Gasteiger partial charge in [0.05, 0.1) is 5.03 Å². The van der Waals surface area contributed by atoms with Crippen molar-refractivity contribution in [1.29, 1.82) is 0 Å². The van der Waals surface area contributed by atoms with Gasteiger partial charge in [0.25, 0.3) is 0 Å². The second kappa shape index (κ2) is 2.80. The highest BCUT2D eigenvalue weighted by molar-refractivity contribution is 6.48. The maximum Gasteiger partial charge on any atom is 0.150 e. The summed E-state index contributed by atoms with van der Waals surface area (Å²) in [5.74, 6) is -0.442. The van der Waals surface area contributed by atoms with Gasteiger partial charge in [-0.1, -0.05) is 18.2 Å². The van der Waals surface area contributed by atoms with Crippen molar-refractivity contribution in [2.45, 2.75) is 0 Å². The van der Waals surface area contributed by atoms with E-state index in [9.17, 15) is 4.39 Å². The highest BCUT2D eigenvalue weighted by atomic mass is 35.5. The summed E-state index contributed by atoms with van der Waals surface area (Å²) in [6.45, 7) is 3.35. The van der Waals surface area contributed by atoms with E-state index in [2.05, 4.69) is 11.6 Å². The van der Waals surface area contributed by atoms with Crippen molar-refractivity contribution in [2.75, 3.05) is 0 Å². The molecule has 1 rings (SSSR count). The smallest absolute Gasteiger partial charge is 0.150 e. The fourth-order valence-corrected chi connectivity index (χ4v) is 0.724. The van der Waals surface area contributed by atoms with Crippen LogP contribution in [0.4, 0.5) is 4.39 Å². The Bertz CT molecular complexity index is 260. The summed E-state index contributed by atoms with van der Waals surface area (Å²) < 4.78 is 12.6. The molecule has 3 heteroatoms. The Morgan fingerprint density at radius 1 is 1.70 bits per heavy atom. The molecule has 0 aliphatic carbocycles. The molecule has 0 unspecified atom stereocenters. The Hall–Kier alpha value is -0.890. The summed E-state index contributed by atoms with van der Waals surface area (Å²) in [6.07, 6.45) is 1.46. The summed E-state index contributed by atoms with van der Waals surface area (Å²) in [6, 6.07) is 2.79. The maximum absolute atomic E-state index is 12.6. The van der Waals surface area contributed by atoms with Gasteiger partial charge in [-0.2, -0.15) is 0 Å². The van der Waals surface area contributed by atoms with Crippen molar-refractivity contribution in [1.82, 2.24) is 4.98 Å². The molecule has 0 aromatic carbocycles. The van der Waals surface area contributed by atoms with E-state index in [1.54, 1.807) is 0 Å². The summed E-state index contributed by atoms with van der Waals surface area (Å²) in [4.78, 5) is 3.67. The van der Waals surface area contributed by atoms with Crippen molar-refractivity contribution >= 4 is 16.6 Å². The van der Waals surface area contributed by atoms with Crippen LogP contribution in [0.15, 0.2) is 24.9 Å². The molecular formula is C7H5ClFN. The monoisotopic (exact) mass is 157 g/mol. The molecule has 1 nitrogen and oxygen atoms in total. The lowest BCUT2D eigenvalue weighted by Gasteiger charge is -1.95. The van der Waals surface area contributed by atoms with Gasteiger partial charge in [0.15, 0.2) is 0 Å². The zero-order valence-electron chi connectivity index (χ0n) is 5.14. The van der Waals surface area contributed by atoms with E-state index in [0.29, 0.717) is 0 Å². The molecule has 0 aliphatic rings. The molecule has 0 amide bonds. The van der Waals surface area contributed by atoms with Gasteiger partial charge in [0, 0.05) is 6.20 Å². The number of pyridine rings is 1. The summed E-state index contributed by atoms with van der Waals surface area (Å²) in [5, 5.41) is 0.123. The van der Waals surface area contributed by atoms with Gasteiger partial charge in [-0.25, -0.2) is 4.39 Å². The van der Waals surface area contributed by atoms with Crippen LogP contribution < -0.4 is 0 Å². The Balaban J connectivity index is 3.15. The highest BCUT2D eigenvalue weighted by Gasteiger charge is 2.02. The molecule has 0 aliphatic heterocycles. The molecule has 0 saturated carbocycles. The van der Waals surface area contributed by atoms with Crippen LogP contribution in [0.5, 0.6) is 0 Å². The Kier molecular flexibility index (Phi) is 2.02. The van der Waals surface area contributed by atoms with Gasteiger partial charge in [-0.15, -0.1) is 0 Å². The van der Waals surface area contributed by atoms with Crippen LogP contribution in [-0.2, 0) is 0 Å². The lowest BCUT2D eigenvalue weighted by atomic mass is 10.3. The molecule has 0 saturated heterocycles. The minimum atomic E-state index is -0.442. The van der Waals surface area contributed by atoms with Gasteiger partial charge < -0.3 is 0 Å². The third kappa shape index (κ3) is 1.33. The third-order valence-electron chi connectivity index (χ3n) is 1.02. The quantitative estimate of drug-likeness (QED) is 0.610. The van der Waals surface area contributed by atoms with Crippen molar-refractivity contribution in [3.05, 3.63) is 36.4 Å². The van der Waals surface area contributed by atoms with Gasteiger partial charge in [0.1, 0.15) is 11.5 Å². The average Bonchev–Trinajstić information content (AvgIpc) is 1.88. The van der Waals surface area contributed by atoms with E-state index in [4.69, 9.17) is 11.6 Å². The van der Waals surface area contributed by atoms with Gasteiger partial charge in [0.2, 0.25) is 0 Å². The largest absolute Gasteiger partial charge is 0.252 e. The topological polar surface area (TPSA) is 12.9 Å². The molecular weight excluding hydrogens is 153 g/mol. The Morgan fingerprint density at radius 2 is 2.40 bits per heavy atom. The molecule has 10 heavy (non-hydrogen) atoms. The van der Waals surface area contributed by atoms with E-state index in [0.717, 1.165) is 0 Å². The average molecular weight is 158 g/mol. The SMILES string of the molecule is C=C(Cl)c1ncccc1F. The zero-order valence-corrected chi connectivity index (χ0v) is 5.90. The molecule has 52 valence electrons. The lowest BCUT2D eigenvalue weighted by molar-refractivity contribution is 0.617. The standard InChI is InChI=1S/C7H5ClFN/c1-5(8)7-6(9)3-2-4-10-7/h2-4H,1H2. The maximum atomic E-state index is 12.6. The normalized spacial score (nSPS) is 9.40. The fourth-order valence-electron chi connectivity index (χ4n) is 0.585. The van der Waals surface area contributed by atoms with E-state index in [1.165, 1.54) is 18.3 Å². The number of aromatic nitrogens is 1. The molecule has 0 bridgehead atoms. The highest BCUT2D eigenvalue weighted by Crippen LogP contribution is 2.15. The number of hydrogen-bond acceptors (Lipinski definition) is 1. The minimum Gasteiger partial charge on any atom is -0.252 e. The van der Waals surface area contributed by atoms with Crippen LogP contribution >= 0.6 is 11.6 Å². The first kappa shape index (κ1) is 7.22. The molecule has 0 fully saturated rings. The lowest BCUT2D eigenvalue weighted by Crippen LogP contribution is -1.87.